The lowest BCUT2D eigenvalue weighted by atomic mass is 10.1. The van der Waals surface area contributed by atoms with Gasteiger partial charge in [0.15, 0.2) is 0 Å². The van der Waals surface area contributed by atoms with Crippen molar-refractivity contribution in [1.29, 1.82) is 0 Å². The van der Waals surface area contributed by atoms with Crippen LogP contribution in [0.3, 0.4) is 0 Å². The summed E-state index contributed by atoms with van der Waals surface area (Å²) in [5, 5.41) is 19.4. The van der Waals surface area contributed by atoms with Gasteiger partial charge in [-0.05, 0) is 43.7 Å². The molecule has 4 N–H and O–H groups in total. The zero-order valence-corrected chi connectivity index (χ0v) is 19.7. The SMILES string of the molecule is O=C(O)c1ccc(OCCCCCCCCCCN2CCNCCNCCNCC2)cc1. The lowest BCUT2D eigenvalue weighted by Gasteiger charge is -2.23. The van der Waals surface area contributed by atoms with Gasteiger partial charge in [-0.25, -0.2) is 4.79 Å². The number of carbonyl (C=O) groups is 1. The van der Waals surface area contributed by atoms with E-state index in [0.29, 0.717) is 12.2 Å². The molecule has 1 aliphatic heterocycles. The van der Waals surface area contributed by atoms with Crippen molar-refractivity contribution >= 4 is 5.97 Å². The molecule has 32 heavy (non-hydrogen) atoms. The van der Waals surface area contributed by atoms with Crippen LogP contribution in [0.2, 0.25) is 0 Å². The first-order valence-electron chi connectivity index (χ1n) is 12.6. The molecule has 0 aliphatic carbocycles. The third-order valence-corrected chi connectivity index (χ3v) is 5.91. The van der Waals surface area contributed by atoms with Gasteiger partial charge in [0.2, 0.25) is 0 Å². The van der Waals surface area contributed by atoms with Crippen LogP contribution < -0.4 is 20.7 Å². The van der Waals surface area contributed by atoms with E-state index in [2.05, 4.69) is 20.9 Å². The Morgan fingerprint density at radius 3 is 1.81 bits per heavy atom. The minimum Gasteiger partial charge on any atom is -0.494 e. The standard InChI is InChI=1S/C25H44N4O3/c30-25(31)23-9-11-24(12-10-23)32-22-8-6-4-2-1-3-5-7-19-29-20-17-27-15-13-26-14-16-28-18-21-29/h9-12,26-28H,1-8,13-22H2,(H,30,31). The summed E-state index contributed by atoms with van der Waals surface area (Å²) in [6.07, 6.45) is 10.1. The number of hydrogen-bond donors (Lipinski definition) is 4. The number of carboxylic acid groups (broad SMARTS) is 1. The van der Waals surface area contributed by atoms with E-state index in [9.17, 15) is 4.79 Å². The first kappa shape index (κ1) is 26.6. The summed E-state index contributed by atoms with van der Waals surface area (Å²) >= 11 is 0. The van der Waals surface area contributed by atoms with E-state index in [1.165, 1.54) is 51.5 Å². The molecule has 182 valence electrons. The van der Waals surface area contributed by atoms with Crippen molar-refractivity contribution in [2.24, 2.45) is 0 Å². The molecule has 1 saturated heterocycles. The van der Waals surface area contributed by atoms with E-state index in [0.717, 1.165) is 64.5 Å². The molecule has 1 aromatic rings. The molecule has 7 nitrogen and oxygen atoms in total. The van der Waals surface area contributed by atoms with Crippen molar-refractivity contribution in [3.63, 3.8) is 0 Å². The maximum absolute atomic E-state index is 10.8. The average Bonchev–Trinajstić information content (AvgIpc) is 2.79. The van der Waals surface area contributed by atoms with Crippen molar-refractivity contribution < 1.29 is 14.6 Å². The van der Waals surface area contributed by atoms with E-state index >= 15 is 0 Å². The van der Waals surface area contributed by atoms with Crippen molar-refractivity contribution in [3.05, 3.63) is 29.8 Å². The van der Waals surface area contributed by atoms with E-state index in [1.807, 2.05) is 0 Å². The Morgan fingerprint density at radius 2 is 1.25 bits per heavy atom. The molecule has 7 heteroatoms. The van der Waals surface area contributed by atoms with Crippen LogP contribution in [0.25, 0.3) is 0 Å². The highest BCUT2D eigenvalue weighted by molar-refractivity contribution is 5.87. The summed E-state index contributed by atoms with van der Waals surface area (Å²) in [6.45, 7) is 10.6. The van der Waals surface area contributed by atoms with Crippen LogP contribution in [-0.2, 0) is 0 Å². The molecule has 0 unspecified atom stereocenters. The van der Waals surface area contributed by atoms with Crippen LogP contribution in [0.5, 0.6) is 5.75 Å². The average molecular weight is 449 g/mol. The molecular formula is C25H44N4O3. The highest BCUT2D eigenvalue weighted by Crippen LogP contribution is 2.14. The topological polar surface area (TPSA) is 85.9 Å². The van der Waals surface area contributed by atoms with Crippen LogP contribution in [0.4, 0.5) is 0 Å². The molecule has 0 amide bonds. The molecule has 2 rings (SSSR count). The number of hydrogen-bond acceptors (Lipinski definition) is 6. The van der Waals surface area contributed by atoms with Gasteiger partial charge in [-0.15, -0.1) is 0 Å². The maximum Gasteiger partial charge on any atom is 0.335 e. The number of nitrogens with zero attached hydrogens (tertiary/aromatic N) is 1. The molecule has 0 radical (unpaired) electrons. The van der Waals surface area contributed by atoms with E-state index in [4.69, 9.17) is 9.84 Å². The summed E-state index contributed by atoms with van der Waals surface area (Å²) < 4.78 is 5.69. The van der Waals surface area contributed by atoms with Crippen LogP contribution in [-0.4, -0.2) is 81.5 Å². The fraction of sp³-hybridized carbons (Fsp3) is 0.720. The van der Waals surface area contributed by atoms with Crippen LogP contribution >= 0.6 is 0 Å². The van der Waals surface area contributed by atoms with E-state index < -0.39 is 5.97 Å². The summed E-state index contributed by atoms with van der Waals surface area (Å²) in [4.78, 5) is 13.4. The summed E-state index contributed by atoms with van der Waals surface area (Å²) in [7, 11) is 0. The molecule has 0 atom stereocenters. The third kappa shape index (κ3) is 13.0. The fourth-order valence-corrected chi connectivity index (χ4v) is 3.92. The van der Waals surface area contributed by atoms with Gasteiger partial charge >= 0.3 is 5.97 Å². The predicted molar refractivity (Wildman–Crippen MR) is 131 cm³/mol. The molecule has 0 aromatic heterocycles. The molecule has 0 saturated carbocycles. The monoisotopic (exact) mass is 448 g/mol. The number of nitrogens with one attached hydrogen (secondary N) is 3. The van der Waals surface area contributed by atoms with Gasteiger partial charge in [0.05, 0.1) is 12.2 Å². The Morgan fingerprint density at radius 1 is 0.750 bits per heavy atom. The second kappa shape index (κ2) is 17.8. The Balaban J connectivity index is 1.40. The Kier molecular flexibility index (Phi) is 14.8. The third-order valence-electron chi connectivity index (χ3n) is 5.91. The number of unbranched alkanes of at least 4 members (excludes halogenated alkanes) is 7. The van der Waals surface area contributed by atoms with Crippen molar-refractivity contribution in [1.82, 2.24) is 20.9 Å². The van der Waals surface area contributed by atoms with Gasteiger partial charge in [0.1, 0.15) is 5.75 Å². The van der Waals surface area contributed by atoms with Gasteiger partial charge in [-0.1, -0.05) is 38.5 Å². The highest BCUT2D eigenvalue weighted by Gasteiger charge is 2.05. The van der Waals surface area contributed by atoms with Gasteiger partial charge < -0.3 is 30.7 Å². The molecule has 1 aliphatic rings. The van der Waals surface area contributed by atoms with E-state index in [1.54, 1.807) is 24.3 Å². The van der Waals surface area contributed by atoms with Crippen LogP contribution in [0, 0.1) is 0 Å². The second-order valence-corrected chi connectivity index (χ2v) is 8.60. The van der Waals surface area contributed by atoms with Gasteiger partial charge in [-0.2, -0.15) is 0 Å². The minimum absolute atomic E-state index is 0.294. The quantitative estimate of drug-likeness (QED) is 0.345. The second-order valence-electron chi connectivity index (χ2n) is 8.60. The first-order valence-corrected chi connectivity index (χ1v) is 12.6. The van der Waals surface area contributed by atoms with Gasteiger partial charge in [0, 0.05) is 52.4 Å². The zero-order chi connectivity index (χ0) is 22.7. The van der Waals surface area contributed by atoms with Crippen molar-refractivity contribution in [2.45, 2.75) is 51.4 Å². The Hall–Kier alpha value is -1.67. The van der Waals surface area contributed by atoms with Gasteiger partial charge in [0.25, 0.3) is 0 Å². The minimum atomic E-state index is -0.905. The molecule has 0 bridgehead atoms. The van der Waals surface area contributed by atoms with Crippen LogP contribution in [0.15, 0.2) is 24.3 Å². The fourth-order valence-electron chi connectivity index (χ4n) is 3.92. The van der Waals surface area contributed by atoms with Gasteiger partial charge in [-0.3, -0.25) is 0 Å². The Labute approximate surface area is 194 Å². The number of aromatic carboxylic acids is 1. The number of rotatable bonds is 13. The molecular weight excluding hydrogens is 404 g/mol. The van der Waals surface area contributed by atoms with E-state index in [-0.39, 0.29) is 0 Å². The maximum atomic E-state index is 10.8. The van der Waals surface area contributed by atoms with Crippen LogP contribution in [0.1, 0.15) is 61.7 Å². The normalized spacial score (nSPS) is 16.8. The lowest BCUT2D eigenvalue weighted by molar-refractivity contribution is 0.0697. The first-order chi connectivity index (χ1) is 15.8. The Bertz CT molecular complexity index is 585. The zero-order valence-electron chi connectivity index (χ0n) is 19.7. The lowest BCUT2D eigenvalue weighted by Crippen LogP contribution is -2.42. The molecule has 1 heterocycles. The summed E-state index contributed by atoms with van der Waals surface area (Å²) in [5.74, 6) is -0.159. The van der Waals surface area contributed by atoms with Crippen molar-refractivity contribution in [2.75, 3.05) is 65.5 Å². The number of ether oxygens (including phenoxy) is 1. The molecule has 0 spiro atoms. The predicted octanol–water partition coefficient (Wildman–Crippen LogP) is 2.97. The largest absolute Gasteiger partial charge is 0.494 e. The van der Waals surface area contributed by atoms with Crippen molar-refractivity contribution in [3.8, 4) is 5.75 Å². The summed E-state index contributed by atoms with van der Waals surface area (Å²) in [6, 6.07) is 6.63. The summed E-state index contributed by atoms with van der Waals surface area (Å²) in [5.41, 5.74) is 0.294. The molecule has 1 aromatic carbocycles. The number of benzene rings is 1. The highest BCUT2D eigenvalue weighted by atomic mass is 16.5. The smallest absolute Gasteiger partial charge is 0.335 e. The number of carboxylic acids is 1. The molecule has 1 fully saturated rings.